The fourth-order valence-electron chi connectivity index (χ4n) is 3.76. The second-order valence-corrected chi connectivity index (χ2v) is 6.84. The largest absolute Gasteiger partial charge is 0.326 e. The zero-order valence-electron chi connectivity index (χ0n) is 14.4. The van der Waals surface area contributed by atoms with E-state index in [9.17, 15) is 0 Å². The third kappa shape index (κ3) is 3.34. The molecule has 25 heavy (non-hydrogen) atoms. The Morgan fingerprint density at radius 2 is 1.96 bits per heavy atom. The highest BCUT2D eigenvalue weighted by atomic mass is 15.3. The van der Waals surface area contributed by atoms with Crippen LogP contribution in [0.5, 0.6) is 0 Å². The second-order valence-electron chi connectivity index (χ2n) is 6.84. The number of nitrogens with two attached hydrogens (primary N) is 1. The third-order valence-electron chi connectivity index (χ3n) is 5.00. The van der Waals surface area contributed by atoms with E-state index >= 15 is 0 Å². The lowest BCUT2D eigenvalue weighted by Gasteiger charge is -2.17. The second kappa shape index (κ2) is 6.78. The number of nitrogens with zero attached hydrogens (tertiary/aromatic N) is 4. The van der Waals surface area contributed by atoms with Gasteiger partial charge < -0.3 is 5.73 Å². The van der Waals surface area contributed by atoms with Crippen LogP contribution in [-0.2, 0) is 6.54 Å². The standard InChI is InChI=1S/C20H23N5/c1-15-9-16(7-8-20(15)25-14-22-13-23-25)10-24-11-18(19(21)12-24)17-5-3-2-4-6-17/h2-9,13-14,18-19H,10-12,21H2,1H3/t18-,19+/m0/s1. The van der Waals surface area contributed by atoms with Crippen LogP contribution in [0.2, 0.25) is 0 Å². The molecule has 2 heterocycles. The van der Waals surface area contributed by atoms with Crippen LogP contribution in [0.15, 0.2) is 61.2 Å². The van der Waals surface area contributed by atoms with E-state index in [0.29, 0.717) is 5.92 Å². The highest BCUT2D eigenvalue weighted by Gasteiger charge is 2.31. The number of benzene rings is 2. The van der Waals surface area contributed by atoms with Gasteiger partial charge in [-0.1, -0.05) is 42.5 Å². The van der Waals surface area contributed by atoms with Crippen LogP contribution in [0.25, 0.3) is 5.69 Å². The summed E-state index contributed by atoms with van der Waals surface area (Å²) in [5, 5.41) is 4.21. The van der Waals surface area contributed by atoms with Crippen molar-refractivity contribution in [3.05, 3.63) is 77.9 Å². The highest BCUT2D eigenvalue weighted by molar-refractivity contribution is 5.41. The minimum absolute atomic E-state index is 0.193. The lowest BCUT2D eigenvalue weighted by atomic mass is 9.95. The van der Waals surface area contributed by atoms with E-state index < -0.39 is 0 Å². The lowest BCUT2D eigenvalue weighted by Crippen LogP contribution is -2.28. The van der Waals surface area contributed by atoms with Crippen molar-refractivity contribution >= 4 is 0 Å². The zero-order valence-corrected chi connectivity index (χ0v) is 14.4. The molecular weight excluding hydrogens is 310 g/mol. The van der Waals surface area contributed by atoms with Crippen LogP contribution in [-0.4, -0.2) is 38.8 Å². The number of aromatic nitrogens is 3. The van der Waals surface area contributed by atoms with Gasteiger partial charge in [-0.2, -0.15) is 5.10 Å². The van der Waals surface area contributed by atoms with Crippen LogP contribution < -0.4 is 5.73 Å². The molecular formula is C20H23N5. The molecule has 0 bridgehead atoms. The average Bonchev–Trinajstić information content (AvgIpc) is 3.26. The summed E-state index contributed by atoms with van der Waals surface area (Å²) in [5.74, 6) is 0.414. The van der Waals surface area contributed by atoms with Gasteiger partial charge in [0, 0.05) is 31.6 Å². The van der Waals surface area contributed by atoms with Gasteiger partial charge in [0.25, 0.3) is 0 Å². The molecule has 1 aromatic heterocycles. The predicted molar refractivity (Wildman–Crippen MR) is 98.5 cm³/mol. The van der Waals surface area contributed by atoms with E-state index in [4.69, 9.17) is 5.73 Å². The van der Waals surface area contributed by atoms with Gasteiger partial charge in [-0.15, -0.1) is 0 Å². The Bertz CT molecular complexity index is 829. The molecule has 0 spiro atoms. The number of likely N-dealkylation sites (tertiary alicyclic amines) is 1. The summed E-state index contributed by atoms with van der Waals surface area (Å²) in [6.45, 7) is 4.98. The molecule has 1 fully saturated rings. The molecule has 3 aromatic rings. The lowest BCUT2D eigenvalue weighted by molar-refractivity contribution is 0.323. The van der Waals surface area contributed by atoms with Crippen molar-refractivity contribution in [1.82, 2.24) is 19.7 Å². The Morgan fingerprint density at radius 1 is 1.12 bits per heavy atom. The first kappa shape index (κ1) is 16.0. The monoisotopic (exact) mass is 333 g/mol. The van der Waals surface area contributed by atoms with Gasteiger partial charge in [-0.3, -0.25) is 4.90 Å². The van der Waals surface area contributed by atoms with Crippen molar-refractivity contribution in [3.8, 4) is 5.69 Å². The van der Waals surface area contributed by atoms with Crippen molar-refractivity contribution < 1.29 is 0 Å². The first-order valence-corrected chi connectivity index (χ1v) is 8.68. The number of aryl methyl sites for hydroxylation is 1. The number of hydrogen-bond acceptors (Lipinski definition) is 4. The van der Waals surface area contributed by atoms with Crippen LogP contribution in [0.1, 0.15) is 22.6 Å². The molecule has 5 heteroatoms. The SMILES string of the molecule is Cc1cc(CN2C[C@@H](N)[C@H](c3ccccc3)C2)ccc1-n1cncn1. The van der Waals surface area contributed by atoms with Crippen LogP contribution in [0.4, 0.5) is 0 Å². The molecule has 1 aliphatic rings. The Balaban J connectivity index is 1.47. The van der Waals surface area contributed by atoms with Crippen molar-refractivity contribution in [2.24, 2.45) is 5.73 Å². The van der Waals surface area contributed by atoms with E-state index in [0.717, 1.165) is 25.3 Å². The summed E-state index contributed by atoms with van der Waals surface area (Å²) in [7, 11) is 0. The van der Waals surface area contributed by atoms with Crippen molar-refractivity contribution in [3.63, 3.8) is 0 Å². The third-order valence-corrected chi connectivity index (χ3v) is 5.00. The van der Waals surface area contributed by atoms with Gasteiger partial charge in [0.05, 0.1) is 5.69 Å². The minimum atomic E-state index is 0.193. The normalized spacial score (nSPS) is 20.9. The van der Waals surface area contributed by atoms with Crippen molar-refractivity contribution in [2.45, 2.75) is 25.4 Å². The Labute approximate surface area is 148 Å². The summed E-state index contributed by atoms with van der Waals surface area (Å²) in [6, 6.07) is 17.3. The maximum absolute atomic E-state index is 6.41. The molecule has 0 amide bonds. The van der Waals surface area contributed by atoms with Crippen LogP contribution >= 0.6 is 0 Å². The smallest absolute Gasteiger partial charge is 0.138 e. The van der Waals surface area contributed by atoms with Gasteiger partial charge >= 0.3 is 0 Å². The van der Waals surface area contributed by atoms with E-state index in [1.165, 1.54) is 16.7 Å². The van der Waals surface area contributed by atoms with Crippen molar-refractivity contribution in [1.29, 1.82) is 0 Å². The van der Waals surface area contributed by atoms with Crippen LogP contribution in [0, 0.1) is 6.92 Å². The zero-order chi connectivity index (χ0) is 17.2. The van der Waals surface area contributed by atoms with E-state index in [1.54, 1.807) is 17.3 Å². The summed E-state index contributed by atoms with van der Waals surface area (Å²) >= 11 is 0. The average molecular weight is 333 g/mol. The topological polar surface area (TPSA) is 60.0 Å². The Morgan fingerprint density at radius 3 is 2.68 bits per heavy atom. The molecule has 0 radical (unpaired) electrons. The fourth-order valence-corrected chi connectivity index (χ4v) is 3.76. The van der Waals surface area contributed by atoms with Crippen LogP contribution in [0.3, 0.4) is 0 Å². The summed E-state index contributed by atoms with van der Waals surface area (Å²) in [4.78, 5) is 6.47. The molecule has 128 valence electrons. The quantitative estimate of drug-likeness (QED) is 0.797. The first-order valence-electron chi connectivity index (χ1n) is 8.68. The minimum Gasteiger partial charge on any atom is -0.326 e. The van der Waals surface area contributed by atoms with E-state index in [-0.39, 0.29) is 6.04 Å². The molecule has 2 atom stereocenters. The summed E-state index contributed by atoms with van der Waals surface area (Å²) < 4.78 is 1.80. The van der Waals surface area contributed by atoms with Gasteiger partial charge in [0.1, 0.15) is 12.7 Å². The van der Waals surface area contributed by atoms with Gasteiger partial charge in [0.2, 0.25) is 0 Å². The van der Waals surface area contributed by atoms with Gasteiger partial charge in [-0.05, 0) is 29.7 Å². The molecule has 5 nitrogen and oxygen atoms in total. The summed E-state index contributed by atoms with van der Waals surface area (Å²) in [5.41, 5.74) is 11.3. The molecule has 2 N–H and O–H groups in total. The highest BCUT2D eigenvalue weighted by Crippen LogP contribution is 2.27. The first-order chi connectivity index (χ1) is 12.2. The number of rotatable bonds is 4. The maximum Gasteiger partial charge on any atom is 0.138 e. The van der Waals surface area contributed by atoms with Gasteiger partial charge in [-0.25, -0.2) is 9.67 Å². The van der Waals surface area contributed by atoms with Crippen molar-refractivity contribution in [2.75, 3.05) is 13.1 Å². The predicted octanol–water partition coefficient (Wildman–Crippen LogP) is 2.50. The Kier molecular flexibility index (Phi) is 4.34. The van der Waals surface area contributed by atoms with E-state index in [1.807, 2.05) is 0 Å². The molecule has 2 aromatic carbocycles. The number of hydrogen-bond donors (Lipinski definition) is 1. The van der Waals surface area contributed by atoms with Gasteiger partial charge in [0.15, 0.2) is 0 Å². The molecule has 0 aliphatic carbocycles. The molecule has 1 saturated heterocycles. The molecule has 0 saturated carbocycles. The maximum atomic E-state index is 6.41. The van der Waals surface area contributed by atoms with E-state index in [2.05, 4.69) is 70.4 Å². The molecule has 4 rings (SSSR count). The molecule has 0 unspecified atom stereocenters. The summed E-state index contributed by atoms with van der Waals surface area (Å²) in [6.07, 6.45) is 3.29. The Hall–Kier alpha value is -2.50. The molecule has 1 aliphatic heterocycles. The fraction of sp³-hybridized carbons (Fsp3) is 0.300.